The molecule has 0 radical (unpaired) electrons. The molecular weight excluding hydrogens is 363 g/mol. The number of hydrogen-bond acceptors (Lipinski definition) is 4. The third-order valence-electron chi connectivity index (χ3n) is 3.54. The summed E-state index contributed by atoms with van der Waals surface area (Å²) in [6, 6.07) is 7.81. The van der Waals surface area contributed by atoms with Gasteiger partial charge in [-0.3, -0.25) is 14.8 Å². The van der Waals surface area contributed by atoms with Crippen molar-refractivity contribution in [3.05, 3.63) is 65.6 Å². The van der Waals surface area contributed by atoms with Crippen molar-refractivity contribution in [1.82, 2.24) is 10.3 Å². The van der Waals surface area contributed by atoms with Crippen LogP contribution in [0.25, 0.3) is 0 Å². The predicted octanol–water partition coefficient (Wildman–Crippen LogP) is 3.38. The second-order valence-corrected chi connectivity index (χ2v) is 5.79. The molecule has 0 unspecified atom stereocenters. The number of hydrogen-bond donors (Lipinski definition) is 2. The van der Waals surface area contributed by atoms with Crippen LogP contribution >= 0.6 is 0 Å². The van der Waals surface area contributed by atoms with Crippen molar-refractivity contribution >= 4 is 17.6 Å². The molecule has 0 aliphatic heterocycles. The average molecular weight is 378 g/mol. The van der Waals surface area contributed by atoms with E-state index in [1.54, 1.807) is 0 Å². The molecule has 140 valence electrons. The number of carbonyl (C=O) groups is 1. The number of rotatable bonds is 4. The third-order valence-corrected chi connectivity index (χ3v) is 3.54. The smallest absolute Gasteiger partial charge is 0.306 e. The van der Waals surface area contributed by atoms with Crippen LogP contribution in [0.1, 0.15) is 16.7 Å². The number of nitrogens with zero attached hydrogens (tertiary/aromatic N) is 3. The number of amides is 2. The Balaban J connectivity index is 1.60. The average Bonchev–Trinajstić information content (AvgIpc) is 3.03. The Kier molecular flexibility index (Phi) is 5.06. The molecule has 0 bridgehead atoms. The first-order valence-electron chi connectivity index (χ1n) is 7.82. The second kappa shape index (κ2) is 7.44. The predicted molar refractivity (Wildman–Crippen MR) is 88.9 cm³/mol. The molecule has 0 saturated heterocycles. The van der Waals surface area contributed by atoms with E-state index in [0.717, 1.165) is 23.4 Å². The Morgan fingerprint density at radius 1 is 1.19 bits per heavy atom. The number of aryl methyl sites for hydroxylation is 1. The van der Waals surface area contributed by atoms with Gasteiger partial charge in [-0.2, -0.15) is 13.2 Å². The lowest BCUT2D eigenvalue weighted by molar-refractivity contribution is -0.754. The van der Waals surface area contributed by atoms with Gasteiger partial charge >= 0.3 is 18.1 Å². The van der Waals surface area contributed by atoms with E-state index in [1.807, 2.05) is 31.2 Å². The minimum atomic E-state index is -4.55. The zero-order valence-corrected chi connectivity index (χ0v) is 14.1. The van der Waals surface area contributed by atoms with Gasteiger partial charge in [0.25, 0.3) is 6.20 Å². The molecule has 0 aliphatic carbocycles. The molecular formula is C17H15F3N5O2+. The lowest BCUT2D eigenvalue weighted by Crippen LogP contribution is -2.35. The van der Waals surface area contributed by atoms with Crippen molar-refractivity contribution in [3.63, 3.8) is 0 Å². The van der Waals surface area contributed by atoms with Crippen LogP contribution in [-0.4, -0.2) is 16.3 Å². The Labute approximate surface area is 151 Å². The highest BCUT2D eigenvalue weighted by Gasteiger charge is 2.31. The highest BCUT2D eigenvalue weighted by molar-refractivity contribution is 5.98. The number of benzene rings is 1. The normalized spacial score (nSPS) is 11.3. The minimum Gasteiger partial charge on any atom is -0.306 e. The Bertz CT molecular complexity index is 938. The maximum Gasteiger partial charge on any atom is 0.417 e. The zero-order valence-electron chi connectivity index (χ0n) is 14.1. The van der Waals surface area contributed by atoms with Gasteiger partial charge < -0.3 is 5.32 Å². The fourth-order valence-corrected chi connectivity index (χ4v) is 2.23. The highest BCUT2D eigenvalue weighted by Crippen LogP contribution is 2.29. The van der Waals surface area contributed by atoms with E-state index in [-0.39, 0.29) is 11.6 Å². The summed E-state index contributed by atoms with van der Waals surface area (Å²) in [5.74, 6) is 0.0412. The van der Waals surface area contributed by atoms with Crippen molar-refractivity contribution in [1.29, 1.82) is 0 Å². The molecule has 3 aromatic rings. The zero-order chi connectivity index (χ0) is 19.4. The molecule has 0 atom stereocenters. The number of alkyl halides is 3. The fourth-order valence-electron chi connectivity index (χ4n) is 2.23. The maximum absolute atomic E-state index is 12.7. The summed E-state index contributed by atoms with van der Waals surface area (Å²) in [6.07, 6.45) is -1.31. The summed E-state index contributed by atoms with van der Waals surface area (Å²) in [5, 5.41) is 8.39. The molecule has 10 heteroatoms. The molecule has 0 saturated carbocycles. The van der Waals surface area contributed by atoms with Crippen LogP contribution in [0.15, 0.2) is 53.4 Å². The van der Waals surface area contributed by atoms with Crippen LogP contribution < -0.4 is 15.3 Å². The Hall–Kier alpha value is -3.43. The van der Waals surface area contributed by atoms with Gasteiger partial charge in [-0.05, 0) is 17.7 Å². The molecule has 7 nitrogen and oxygen atoms in total. The van der Waals surface area contributed by atoms with Crippen LogP contribution in [0.5, 0.6) is 0 Å². The van der Waals surface area contributed by atoms with Gasteiger partial charge in [0.05, 0.1) is 17.4 Å². The number of anilines is 2. The largest absolute Gasteiger partial charge is 0.417 e. The Morgan fingerprint density at radius 3 is 2.63 bits per heavy atom. The van der Waals surface area contributed by atoms with Crippen LogP contribution in [0, 0.1) is 6.92 Å². The van der Waals surface area contributed by atoms with E-state index in [1.165, 1.54) is 10.9 Å². The summed E-state index contributed by atoms with van der Waals surface area (Å²) in [4.78, 5) is 15.4. The van der Waals surface area contributed by atoms with Gasteiger partial charge in [-0.25, -0.2) is 4.79 Å². The van der Waals surface area contributed by atoms with Crippen LogP contribution in [0.2, 0.25) is 0 Å². The van der Waals surface area contributed by atoms with E-state index < -0.39 is 17.8 Å². The van der Waals surface area contributed by atoms with Crippen molar-refractivity contribution in [2.45, 2.75) is 19.6 Å². The maximum atomic E-state index is 12.7. The van der Waals surface area contributed by atoms with Gasteiger partial charge in [0, 0.05) is 11.8 Å². The van der Waals surface area contributed by atoms with Gasteiger partial charge in [0.1, 0.15) is 0 Å². The third kappa shape index (κ3) is 5.03. The number of aromatic nitrogens is 3. The lowest BCUT2D eigenvalue weighted by atomic mass is 10.1. The highest BCUT2D eigenvalue weighted by atomic mass is 19.4. The molecule has 2 N–H and O–H groups in total. The van der Waals surface area contributed by atoms with Gasteiger partial charge in [-0.1, -0.05) is 29.8 Å². The van der Waals surface area contributed by atoms with Crippen molar-refractivity contribution in [3.8, 4) is 0 Å². The summed E-state index contributed by atoms with van der Waals surface area (Å²) in [6.45, 7) is 2.41. The minimum absolute atomic E-state index is 0.0412. The molecule has 2 aromatic heterocycles. The van der Waals surface area contributed by atoms with Gasteiger partial charge in [-0.15, -0.1) is 0 Å². The first kappa shape index (κ1) is 18.4. The fraction of sp³-hybridized carbons (Fsp3) is 0.176. The summed E-state index contributed by atoms with van der Waals surface area (Å²) in [5.41, 5.74) is 1.06. The van der Waals surface area contributed by atoms with Crippen molar-refractivity contribution < 1.29 is 27.2 Å². The summed E-state index contributed by atoms with van der Waals surface area (Å²) in [7, 11) is 0. The molecule has 1 aromatic carbocycles. The monoisotopic (exact) mass is 378 g/mol. The van der Waals surface area contributed by atoms with Crippen molar-refractivity contribution in [2.75, 3.05) is 10.6 Å². The second-order valence-electron chi connectivity index (χ2n) is 5.79. The summed E-state index contributed by atoms with van der Waals surface area (Å²) >= 11 is 0. The Morgan fingerprint density at radius 2 is 1.93 bits per heavy atom. The molecule has 0 aliphatic rings. The van der Waals surface area contributed by atoms with E-state index in [0.29, 0.717) is 12.7 Å². The SMILES string of the molecule is Cc1ccc(C[n+]2cc(NC(=O)Nc3cncc(C(F)(F)F)c3)on2)cc1. The molecule has 0 fully saturated rings. The molecule has 27 heavy (non-hydrogen) atoms. The molecule has 0 spiro atoms. The topological polar surface area (TPSA) is 83.9 Å². The first-order chi connectivity index (χ1) is 12.8. The van der Waals surface area contributed by atoms with Crippen LogP contribution in [0.3, 0.4) is 0 Å². The number of urea groups is 1. The number of nitrogens with one attached hydrogen (secondary N) is 2. The molecule has 2 amide bonds. The van der Waals surface area contributed by atoms with E-state index in [4.69, 9.17) is 4.52 Å². The molecule has 2 heterocycles. The van der Waals surface area contributed by atoms with Crippen molar-refractivity contribution in [2.24, 2.45) is 0 Å². The van der Waals surface area contributed by atoms with E-state index in [9.17, 15) is 18.0 Å². The van der Waals surface area contributed by atoms with Gasteiger partial charge in [0.2, 0.25) is 11.8 Å². The summed E-state index contributed by atoms with van der Waals surface area (Å²) < 4.78 is 44.5. The quantitative estimate of drug-likeness (QED) is 0.682. The van der Waals surface area contributed by atoms with E-state index >= 15 is 0 Å². The van der Waals surface area contributed by atoms with E-state index in [2.05, 4.69) is 20.9 Å². The number of carbonyl (C=O) groups excluding carboxylic acids is 1. The van der Waals surface area contributed by atoms with Crippen LogP contribution in [-0.2, 0) is 12.7 Å². The lowest BCUT2D eigenvalue weighted by Gasteiger charge is -2.08. The van der Waals surface area contributed by atoms with Gasteiger partial charge in [0.15, 0.2) is 0 Å². The number of halogens is 3. The first-order valence-corrected chi connectivity index (χ1v) is 7.82. The standard InChI is InChI=1S/C17H14F3N5O2/c1-11-2-4-12(5-3-11)9-25-10-15(27-24-25)23-16(26)22-14-6-13(7-21-8-14)17(18,19)20/h2-8,10H,9H2,1H3,(H-,22,23,24,26)/p+1. The molecule has 3 rings (SSSR count). The number of pyridine rings is 1. The van der Waals surface area contributed by atoms with Crippen LogP contribution in [0.4, 0.5) is 29.5 Å².